The minimum absolute atomic E-state index is 0.195. The summed E-state index contributed by atoms with van der Waals surface area (Å²) in [6.07, 6.45) is 2.35. The zero-order chi connectivity index (χ0) is 23.3. The number of imide groups is 1. The molecule has 8 nitrogen and oxygen atoms in total. The van der Waals surface area contributed by atoms with Crippen molar-refractivity contribution in [1.29, 1.82) is 0 Å². The monoisotopic (exact) mass is 464 g/mol. The number of amides is 3. The van der Waals surface area contributed by atoms with Crippen LogP contribution < -0.4 is 10.1 Å². The SMILES string of the molecule is COc1cc(-c2c(-c3ccc4c(c3)CN(C3CCC(=O)NC3=O)C4=O)cnn2C)ccc1Cl. The number of carbonyl (C=O) groups excluding carboxylic acids is 3. The number of hydrogen-bond acceptors (Lipinski definition) is 5. The van der Waals surface area contributed by atoms with Gasteiger partial charge in [0, 0.05) is 36.7 Å². The van der Waals surface area contributed by atoms with Crippen molar-refractivity contribution in [2.75, 3.05) is 7.11 Å². The predicted octanol–water partition coefficient (Wildman–Crippen LogP) is 3.18. The van der Waals surface area contributed by atoms with Gasteiger partial charge < -0.3 is 9.64 Å². The van der Waals surface area contributed by atoms with E-state index in [1.807, 2.05) is 31.3 Å². The molecule has 0 aliphatic carbocycles. The Bertz CT molecular complexity index is 1320. The summed E-state index contributed by atoms with van der Waals surface area (Å²) >= 11 is 6.20. The van der Waals surface area contributed by atoms with Gasteiger partial charge in [0.1, 0.15) is 11.8 Å². The molecule has 0 radical (unpaired) electrons. The molecule has 3 aromatic rings. The molecule has 3 heterocycles. The molecule has 3 amide bonds. The lowest BCUT2D eigenvalue weighted by Crippen LogP contribution is -2.52. The minimum atomic E-state index is -0.637. The van der Waals surface area contributed by atoms with Crippen LogP contribution in [0, 0.1) is 0 Å². The second kappa shape index (κ2) is 8.04. The van der Waals surface area contributed by atoms with Gasteiger partial charge >= 0.3 is 0 Å². The smallest absolute Gasteiger partial charge is 0.255 e. The summed E-state index contributed by atoms with van der Waals surface area (Å²) in [5, 5.41) is 7.29. The molecular weight excluding hydrogens is 444 g/mol. The summed E-state index contributed by atoms with van der Waals surface area (Å²) in [5.74, 6) is -0.342. The van der Waals surface area contributed by atoms with Crippen molar-refractivity contribution < 1.29 is 19.1 Å². The van der Waals surface area contributed by atoms with Gasteiger partial charge in [0.25, 0.3) is 5.91 Å². The van der Waals surface area contributed by atoms with Crippen LogP contribution in [0.5, 0.6) is 5.75 Å². The molecule has 2 aliphatic heterocycles. The number of ether oxygens (including phenoxy) is 1. The van der Waals surface area contributed by atoms with Crippen LogP contribution >= 0.6 is 11.6 Å². The lowest BCUT2D eigenvalue weighted by atomic mass is 9.98. The fourth-order valence-corrected chi connectivity index (χ4v) is 4.73. The number of aryl methyl sites for hydroxylation is 1. The maximum absolute atomic E-state index is 13.0. The second-order valence-corrected chi connectivity index (χ2v) is 8.56. The molecule has 1 saturated heterocycles. The predicted molar refractivity (Wildman–Crippen MR) is 122 cm³/mol. The molecular formula is C24H21ClN4O4. The van der Waals surface area contributed by atoms with E-state index < -0.39 is 11.9 Å². The van der Waals surface area contributed by atoms with Gasteiger partial charge in [-0.3, -0.25) is 24.4 Å². The number of rotatable bonds is 4. The Morgan fingerprint density at radius 2 is 1.88 bits per heavy atom. The molecule has 1 atom stereocenters. The van der Waals surface area contributed by atoms with Crippen LogP contribution in [0.1, 0.15) is 28.8 Å². The lowest BCUT2D eigenvalue weighted by molar-refractivity contribution is -0.136. The van der Waals surface area contributed by atoms with Crippen LogP contribution in [0.25, 0.3) is 22.4 Å². The van der Waals surface area contributed by atoms with Crippen LogP contribution in [0.3, 0.4) is 0 Å². The summed E-state index contributed by atoms with van der Waals surface area (Å²) in [6.45, 7) is 0.318. The molecule has 1 aromatic heterocycles. The van der Waals surface area contributed by atoms with Crippen LogP contribution in [0.15, 0.2) is 42.6 Å². The molecule has 0 bridgehead atoms. The number of piperidine rings is 1. The Labute approximate surface area is 195 Å². The molecule has 33 heavy (non-hydrogen) atoms. The Morgan fingerprint density at radius 3 is 2.64 bits per heavy atom. The molecule has 1 unspecified atom stereocenters. The Balaban J connectivity index is 1.50. The first-order valence-electron chi connectivity index (χ1n) is 10.5. The van der Waals surface area contributed by atoms with Gasteiger partial charge in [0.05, 0.1) is 24.0 Å². The van der Waals surface area contributed by atoms with E-state index >= 15 is 0 Å². The highest BCUT2D eigenvalue weighted by Gasteiger charge is 2.39. The quantitative estimate of drug-likeness (QED) is 0.598. The molecule has 0 spiro atoms. The van der Waals surface area contributed by atoms with Crippen molar-refractivity contribution in [3.05, 3.63) is 58.7 Å². The first-order valence-corrected chi connectivity index (χ1v) is 10.9. The zero-order valence-corrected chi connectivity index (χ0v) is 18.8. The summed E-state index contributed by atoms with van der Waals surface area (Å²) in [5.41, 5.74) is 5.00. The third-order valence-electron chi connectivity index (χ3n) is 6.20. The van der Waals surface area contributed by atoms with Crippen molar-refractivity contribution in [1.82, 2.24) is 20.0 Å². The first-order chi connectivity index (χ1) is 15.9. The maximum Gasteiger partial charge on any atom is 0.255 e. The molecule has 2 aromatic carbocycles. The van der Waals surface area contributed by atoms with Gasteiger partial charge in [-0.25, -0.2) is 0 Å². The fourth-order valence-electron chi connectivity index (χ4n) is 4.54. The number of fused-ring (bicyclic) bond motifs is 1. The van der Waals surface area contributed by atoms with Crippen LogP contribution in [0.4, 0.5) is 0 Å². The summed E-state index contributed by atoms with van der Waals surface area (Å²) in [4.78, 5) is 38.3. The lowest BCUT2D eigenvalue weighted by Gasteiger charge is -2.29. The zero-order valence-electron chi connectivity index (χ0n) is 18.1. The van der Waals surface area contributed by atoms with Gasteiger partial charge in [-0.1, -0.05) is 23.7 Å². The average Bonchev–Trinajstić information content (AvgIpc) is 3.34. The number of benzene rings is 2. The third-order valence-corrected chi connectivity index (χ3v) is 6.51. The van der Waals surface area contributed by atoms with Crippen molar-refractivity contribution in [3.63, 3.8) is 0 Å². The second-order valence-electron chi connectivity index (χ2n) is 8.15. The van der Waals surface area contributed by atoms with E-state index in [0.29, 0.717) is 29.3 Å². The number of aromatic nitrogens is 2. The number of nitrogens with one attached hydrogen (secondary N) is 1. The molecule has 0 saturated carbocycles. The number of carbonyl (C=O) groups is 3. The van der Waals surface area contributed by atoms with Crippen LogP contribution in [-0.4, -0.2) is 45.6 Å². The van der Waals surface area contributed by atoms with E-state index in [4.69, 9.17) is 16.3 Å². The molecule has 2 aliphatic rings. The first kappa shape index (κ1) is 21.2. The molecule has 5 rings (SSSR count). The van der Waals surface area contributed by atoms with Crippen molar-refractivity contribution in [2.24, 2.45) is 7.05 Å². The van der Waals surface area contributed by atoms with Crippen molar-refractivity contribution in [2.45, 2.75) is 25.4 Å². The van der Waals surface area contributed by atoms with E-state index in [2.05, 4.69) is 10.4 Å². The normalized spacial score (nSPS) is 17.8. The van der Waals surface area contributed by atoms with E-state index in [9.17, 15) is 14.4 Å². The highest BCUT2D eigenvalue weighted by molar-refractivity contribution is 6.32. The van der Waals surface area contributed by atoms with E-state index in [1.165, 1.54) is 0 Å². The maximum atomic E-state index is 13.0. The van der Waals surface area contributed by atoms with E-state index in [1.54, 1.807) is 35.0 Å². The summed E-state index contributed by atoms with van der Waals surface area (Å²) < 4.78 is 7.15. The molecule has 168 valence electrons. The van der Waals surface area contributed by atoms with Gasteiger partial charge in [0.15, 0.2) is 0 Å². The number of hydrogen-bond donors (Lipinski definition) is 1. The van der Waals surface area contributed by atoms with Crippen LogP contribution in [-0.2, 0) is 23.2 Å². The van der Waals surface area contributed by atoms with E-state index in [-0.39, 0.29) is 18.2 Å². The van der Waals surface area contributed by atoms with Gasteiger partial charge in [0.2, 0.25) is 11.8 Å². The van der Waals surface area contributed by atoms with Gasteiger partial charge in [-0.2, -0.15) is 5.10 Å². The average molecular weight is 465 g/mol. The highest BCUT2D eigenvalue weighted by atomic mass is 35.5. The standard InChI is InChI=1S/C24H21ClN4O4/c1-28-22(14-4-6-18(25)20(10-14)33-2)17(11-26-28)13-3-5-16-15(9-13)12-29(24(16)32)19-7-8-21(30)27-23(19)31/h3-6,9-11,19H,7-8,12H2,1-2H3,(H,27,30,31). The highest BCUT2D eigenvalue weighted by Crippen LogP contribution is 2.37. The van der Waals surface area contributed by atoms with Crippen molar-refractivity contribution >= 4 is 29.3 Å². The van der Waals surface area contributed by atoms with Gasteiger partial charge in [-0.05, 0) is 41.8 Å². The Kier molecular flexibility index (Phi) is 5.17. The van der Waals surface area contributed by atoms with Crippen LogP contribution in [0.2, 0.25) is 5.02 Å². The Hall–Kier alpha value is -3.65. The third kappa shape index (κ3) is 3.56. The fraction of sp³-hybridized carbons (Fsp3) is 0.250. The topological polar surface area (TPSA) is 93.5 Å². The van der Waals surface area contributed by atoms with E-state index in [0.717, 1.165) is 27.9 Å². The largest absolute Gasteiger partial charge is 0.495 e. The van der Waals surface area contributed by atoms with Gasteiger partial charge in [-0.15, -0.1) is 0 Å². The molecule has 1 N–H and O–H groups in total. The minimum Gasteiger partial charge on any atom is -0.495 e. The Morgan fingerprint density at radius 1 is 1.09 bits per heavy atom. The molecule has 9 heteroatoms. The van der Waals surface area contributed by atoms with Crippen molar-refractivity contribution in [3.8, 4) is 28.1 Å². The summed E-state index contributed by atoms with van der Waals surface area (Å²) in [6, 6.07) is 10.6. The number of nitrogens with zero attached hydrogens (tertiary/aromatic N) is 3. The number of methoxy groups -OCH3 is 1. The molecule has 1 fully saturated rings. The summed E-state index contributed by atoms with van der Waals surface area (Å²) in [7, 11) is 3.43. The number of halogens is 1.